The van der Waals surface area contributed by atoms with E-state index in [2.05, 4.69) is 16.0 Å². The van der Waals surface area contributed by atoms with Crippen LogP contribution in [0, 0.1) is 5.92 Å². The molecule has 1 aliphatic rings. The van der Waals surface area contributed by atoms with Crippen LogP contribution in [-0.2, 0) is 20.9 Å². The van der Waals surface area contributed by atoms with Gasteiger partial charge in [0.05, 0.1) is 6.54 Å². The second-order valence-corrected chi connectivity index (χ2v) is 5.77. The van der Waals surface area contributed by atoms with Crippen LogP contribution in [0.5, 0.6) is 0 Å². The minimum atomic E-state index is -0.223. The van der Waals surface area contributed by atoms with E-state index < -0.39 is 0 Å². The van der Waals surface area contributed by atoms with Gasteiger partial charge >= 0.3 is 0 Å². The number of anilines is 1. The molecule has 3 N–H and O–H groups in total. The zero-order valence-corrected chi connectivity index (χ0v) is 13.4. The van der Waals surface area contributed by atoms with Gasteiger partial charge in [-0.05, 0) is 37.0 Å². The Morgan fingerprint density at radius 3 is 2.61 bits per heavy atom. The van der Waals surface area contributed by atoms with E-state index in [1.54, 1.807) is 0 Å². The highest BCUT2D eigenvalue weighted by atomic mass is 16.2. The number of hydrogen-bond donors (Lipinski definition) is 3. The van der Waals surface area contributed by atoms with Crippen LogP contribution >= 0.6 is 0 Å². The van der Waals surface area contributed by atoms with E-state index in [1.807, 2.05) is 31.2 Å². The number of carbonyl (C=O) groups is 3. The van der Waals surface area contributed by atoms with E-state index in [4.69, 9.17) is 0 Å². The van der Waals surface area contributed by atoms with Gasteiger partial charge in [0.1, 0.15) is 0 Å². The van der Waals surface area contributed by atoms with Crippen LogP contribution in [0.2, 0.25) is 0 Å². The van der Waals surface area contributed by atoms with Gasteiger partial charge in [-0.2, -0.15) is 0 Å². The Morgan fingerprint density at radius 2 is 1.91 bits per heavy atom. The largest absolute Gasteiger partial charge is 0.350 e. The lowest BCUT2D eigenvalue weighted by molar-refractivity contribution is -0.126. The standard InChI is InChI=1S/C17H23N3O3/c1-2-4-15(21)20-14-6-3-5-12(9-14)10-18-16(22)11-19-17(23)13-7-8-13/h3,5-6,9,13H,2,4,7-8,10-11H2,1H3,(H,18,22)(H,19,23)(H,20,21). The van der Waals surface area contributed by atoms with Gasteiger partial charge < -0.3 is 16.0 Å². The number of rotatable bonds is 8. The molecule has 0 unspecified atom stereocenters. The van der Waals surface area contributed by atoms with Gasteiger partial charge in [-0.25, -0.2) is 0 Å². The molecule has 0 spiro atoms. The summed E-state index contributed by atoms with van der Waals surface area (Å²) in [6.45, 7) is 2.31. The van der Waals surface area contributed by atoms with Crippen LogP contribution in [0.1, 0.15) is 38.2 Å². The molecule has 6 heteroatoms. The summed E-state index contributed by atoms with van der Waals surface area (Å²) in [5, 5.41) is 8.20. The Labute approximate surface area is 136 Å². The quantitative estimate of drug-likeness (QED) is 0.680. The third kappa shape index (κ3) is 6.10. The predicted molar refractivity (Wildman–Crippen MR) is 87.6 cm³/mol. The van der Waals surface area contributed by atoms with Gasteiger partial charge in [0.15, 0.2) is 0 Å². The first-order chi connectivity index (χ1) is 11.1. The Kier molecular flexibility index (Phi) is 6.14. The molecule has 124 valence electrons. The van der Waals surface area contributed by atoms with E-state index in [0.29, 0.717) is 13.0 Å². The Hall–Kier alpha value is -2.37. The Morgan fingerprint density at radius 1 is 1.13 bits per heavy atom. The predicted octanol–water partition coefficient (Wildman–Crippen LogP) is 1.57. The van der Waals surface area contributed by atoms with Crippen LogP contribution in [0.3, 0.4) is 0 Å². The highest BCUT2D eigenvalue weighted by molar-refractivity contribution is 5.90. The van der Waals surface area contributed by atoms with Crippen molar-refractivity contribution in [2.45, 2.75) is 39.2 Å². The second-order valence-electron chi connectivity index (χ2n) is 5.77. The van der Waals surface area contributed by atoms with E-state index in [1.165, 1.54) is 0 Å². The van der Waals surface area contributed by atoms with Gasteiger partial charge in [0.2, 0.25) is 17.7 Å². The molecule has 1 saturated carbocycles. The van der Waals surface area contributed by atoms with Crippen LogP contribution in [-0.4, -0.2) is 24.3 Å². The van der Waals surface area contributed by atoms with Crippen LogP contribution < -0.4 is 16.0 Å². The molecule has 0 heterocycles. The van der Waals surface area contributed by atoms with Gasteiger partial charge in [-0.3, -0.25) is 14.4 Å². The van der Waals surface area contributed by atoms with Crippen molar-refractivity contribution in [1.29, 1.82) is 0 Å². The lowest BCUT2D eigenvalue weighted by Crippen LogP contribution is -2.37. The third-order valence-electron chi connectivity index (χ3n) is 3.55. The number of carbonyl (C=O) groups excluding carboxylic acids is 3. The maximum atomic E-state index is 11.7. The van der Waals surface area contributed by atoms with Crippen molar-refractivity contribution in [3.8, 4) is 0 Å². The summed E-state index contributed by atoms with van der Waals surface area (Å²) in [5.74, 6) is -0.178. The first-order valence-electron chi connectivity index (χ1n) is 8.01. The molecule has 3 amide bonds. The molecule has 23 heavy (non-hydrogen) atoms. The molecule has 1 fully saturated rings. The molecule has 0 aromatic heterocycles. The summed E-state index contributed by atoms with van der Waals surface area (Å²) in [7, 11) is 0. The van der Waals surface area contributed by atoms with Crippen LogP contribution in [0.25, 0.3) is 0 Å². The van der Waals surface area contributed by atoms with E-state index in [9.17, 15) is 14.4 Å². The monoisotopic (exact) mass is 317 g/mol. The van der Waals surface area contributed by atoms with Gasteiger partial charge in [-0.15, -0.1) is 0 Å². The van der Waals surface area contributed by atoms with Crippen molar-refractivity contribution in [2.75, 3.05) is 11.9 Å². The summed E-state index contributed by atoms with van der Waals surface area (Å²) in [6.07, 6.45) is 3.13. The summed E-state index contributed by atoms with van der Waals surface area (Å²) < 4.78 is 0. The van der Waals surface area contributed by atoms with Gasteiger partial charge in [0.25, 0.3) is 0 Å². The topological polar surface area (TPSA) is 87.3 Å². The van der Waals surface area contributed by atoms with E-state index in [0.717, 1.165) is 30.5 Å². The molecule has 0 radical (unpaired) electrons. The van der Waals surface area contributed by atoms with Crippen molar-refractivity contribution in [2.24, 2.45) is 5.92 Å². The van der Waals surface area contributed by atoms with Crippen LogP contribution in [0.4, 0.5) is 5.69 Å². The molecule has 1 aromatic carbocycles. The van der Waals surface area contributed by atoms with Crippen LogP contribution in [0.15, 0.2) is 24.3 Å². The molecule has 0 atom stereocenters. The number of amides is 3. The summed E-state index contributed by atoms with van der Waals surface area (Å²) >= 11 is 0. The zero-order chi connectivity index (χ0) is 16.7. The molecule has 1 aromatic rings. The first kappa shape index (κ1) is 17.0. The van der Waals surface area contributed by atoms with E-state index in [-0.39, 0.29) is 30.2 Å². The van der Waals surface area contributed by atoms with E-state index >= 15 is 0 Å². The first-order valence-corrected chi connectivity index (χ1v) is 8.01. The molecule has 0 saturated heterocycles. The second kappa shape index (κ2) is 8.31. The Balaban J connectivity index is 1.74. The molecule has 6 nitrogen and oxygen atoms in total. The SMILES string of the molecule is CCCC(=O)Nc1cccc(CNC(=O)CNC(=O)C2CC2)c1. The van der Waals surface area contributed by atoms with Crippen molar-refractivity contribution in [3.63, 3.8) is 0 Å². The van der Waals surface area contributed by atoms with Crippen molar-refractivity contribution in [1.82, 2.24) is 10.6 Å². The molecule has 2 rings (SSSR count). The lowest BCUT2D eigenvalue weighted by Gasteiger charge is -2.09. The van der Waals surface area contributed by atoms with Crippen molar-refractivity contribution >= 4 is 23.4 Å². The average Bonchev–Trinajstić information content (AvgIpc) is 3.36. The molecule has 0 bridgehead atoms. The maximum Gasteiger partial charge on any atom is 0.239 e. The lowest BCUT2D eigenvalue weighted by atomic mass is 10.2. The summed E-state index contributed by atoms with van der Waals surface area (Å²) in [4.78, 5) is 34.7. The number of hydrogen-bond acceptors (Lipinski definition) is 3. The fourth-order valence-electron chi connectivity index (χ4n) is 2.13. The zero-order valence-electron chi connectivity index (χ0n) is 13.4. The highest BCUT2D eigenvalue weighted by Gasteiger charge is 2.29. The Bertz CT molecular complexity index is 582. The number of nitrogens with one attached hydrogen (secondary N) is 3. The molecular weight excluding hydrogens is 294 g/mol. The smallest absolute Gasteiger partial charge is 0.239 e. The van der Waals surface area contributed by atoms with Gasteiger partial charge in [0, 0.05) is 24.6 Å². The number of benzene rings is 1. The average molecular weight is 317 g/mol. The molecule has 0 aliphatic heterocycles. The minimum Gasteiger partial charge on any atom is -0.350 e. The molecular formula is C17H23N3O3. The van der Waals surface area contributed by atoms with Crippen molar-refractivity contribution < 1.29 is 14.4 Å². The fraction of sp³-hybridized carbons (Fsp3) is 0.471. The summed E-state index contributed by atoms with van der Waals surface area (Å²) in [5.41, 5.74) is 1.61. The minimum absolute atomic E-state index is 0.00224. The summed E-state index contributed by atoms with van der Waals surface area (Å²) in [6, 6.07) is 7.35. The highest BCUT2D eigenvalue weighted by Crippen LogP contribution is 2.28. The fourth-order valence-corrected chi connectivity index (χ4v) is 2.13. The normalized spacial score (nSPS) is 13.3. The van der Waals surface area contributed by atoms with Crippen molar-refractivity contribution in [3.05, 3.63) is 29.8 Å². The van der Waals surface area contributed by atoms with Gasteiger partial charge in [-0.1, -0.05) is 19.1 Å². The third-order valence-corrected chi connectivity index (χ3v) is 3.55. The maximum absolute atomic E-state index is 11.7. The molecule has 1 aliphatic carbocycles.